The van der Waals surface area contributed by atoms with E-state index in [-0.39, 0.29) is 23.6 Å². The number of halogens is 1. The predicted molar refractivity (Wildman–Crippen MR) is 30.5 cm³/mol. The highest BCUT2D eigenvalue weighted by Crippen LogP contribution is 1.68. The summed E-state index contributed by atoms with van der Waals surface area (Å²) in [6, 6.07) is 0. The van der Waals surface area contributed by atoms with Gasteiger partial charge in [-0.05, 0) is 0 Å². The third kappa shape index (κ3) is 2.45. The van der Waals surface area contributed by atoms with E-state index in [4.69, 9.17) is 5.11 Å². The number of nitrogens with zero attached hydrogens (tertiary/aromatic N) is 3. The van der Waals surface area contributed by atoms with Crippen LogP contribution in [0, 0.1) is 0 Å². The van der Waals surface area contributed by atoms with Crippen molar-refractivity contribution in [2.24, 2.45) is 7.05 Å². The van der Waals surface area contributed by atoms with Crippen LogP contribution in [0.15, 0.2) is 12.7 Å². The van der Waals surface area contributed by atoms with E-state index < -0.39 is 0 Å². The zero-order valence-electron chi connectivity index (χ0n) is 5.74. The van der Waals surface area contributed by atoms with Gasteiger partial charge >= 0.3 is 0 Å². The van der Waals surface area contributed by atoms with Crippen LogP contribution >= 0.6 is 0 Å². The van der Waals surface area contributed by atoms with Gasteiger partial charge in [0.15, 0.2) is 0 Å². The highest BCUT2D eigenvalue weighted by molar-refractivity contribution is 4.37. The Labute approximate surface area is 69.9 Å². The van der Waals surface area contributed by atoms with Crippen LogP contribution in [0.5, 0.6) is 0 Å². The average Bonchev–Trinajstić information content (AvgIpc) is 2.17. The molecule has 0 aliphatic rings. The monoisotopic (exact) mass is 207 g/mol. The molecule has 1 aromatic rings. The zero-order valence-corrected chi connectivity index (χ0v) is 7.32. The molecule has 0 fully saturated rings. The molecular formula is C5H10BrN3O. The summed E-state index contributed by atoms with van der Waals surface area (Å²) in [5.41, 5.74) is 0. The lowest BCUT2D eigenvalue weighted by Crippen LogP contribution is -3.00. The van der Waals surface area contributed by atoms with Crippen LogP contribution in [0.25, 0.3) is 0 Å². The van der Waals surface area contributed by atoms with Crippen molar-refractivity contribution in [1.82, 2.24) is 9.78 Å². The molecule has 4 nitrogen and oxygen atoms in total. The van der Waals surface area contributed by atoms with Crippen molar-refractivity contribution in [2.45, 2.75) is 6.54 Å². The van der Waals surface area contributed by atoms with E-state index in [1.165, 1.54) is 0 Å². The normalized spacial score (nSPS) is 9.00. The van der Waals surface area contributed by atoms with E-state index in [0.717, 1.165) is 0 Å². The number of rotatable bonds is 2. The van der Waals surface area contributed by atoms with Crippen molar-refractivity contribution in [3.8, 4) is 0 Å². The summed E-state index contributed by atoms with van der Waals surface area (Å²) >= 11 is 0. The molecule has 1 heterocycles. The van der Waals surface area contributed by atoms with Crippen LogP contribution in [-0.4, -0.2) is 21.5 Å². The van der Waals surface area contributed by atoms with Gasteiger partial charge in [-0.2, -0.15) is 0 Å². The van der Waals surface area contributed by atoms with Crippen molar-refractivity contribution < 1.29 is 26.7 Å². The Balaban J connectivity index is 0.000000810. The molecule has 58 valence electrons. The van der Waals surface area contributed by atoms with E-state index in [9.17, 15) is 0 Å². The first kappa shape index (κ1) is 9.58. The molecule has 1 aromatic heterocycles. The fourth-order valence-electron chi connectivity index (χ4n) is 0.653. The summed E-state index contributed by atoms with van der Waals surface area (Å²) in [6.45, 7) is 0.782. The molecule has 0 radical (unpaired) electrons. The largest absolute Gasteiger partial charge is 1.00 e. The van der Waals surface area contributed by atoms with E-state index in [2.05, 4.69) is 5.10 Å². The Bertz CT molecular complexity index is 189. The van der Waals surface area contributed by atoms with Crippen LogP contribution in [0.4, 0.5) is 0 Å². The Morgan fingerprint density at radius 1 is 1.70 bits per heavy atom. The Kier molecular flexibility index (Phi) is 4.22. The number of hydrogen-bond acceptors (Lipinski definition) is 2. The van der Waals surface area contributed by atoms with Gasteiger partial charge in [0.1, 0.15) is 0 Å². The third-order valence-electron chi connectivity index (χ3n) is 1.06. The Morgan fingerprint density at radius 2 is 2.40 bits per heavy atom. The van der Waals surface area contributed by atoms with E-state index in [0.29, 0.717) is 6.54 Å². The van der Waals surface area contributed by atoms with Crippen molar-refractivity contribution in [3.05, 3.63) is 12.7 Å². The maximum absolute atomic E-state index is 8.47. The molecule has 0 aliphatic carbocycles. The highest BCUT2D eigenvalue weighted by atomic mass is 79.9. The minimum absolute atomic E-state index is 0. The molecule has 0 aliphatic heterocycles. The summed E-state index contributed by atoms with van der Waals surface area (Å²) in [5.74, 6) is 0. The van der Waals surface area contributed by atoms with Crippen molar-refractivity contribution >= 4 is 0 Å². The molecule has 0 saturated heterocycles. The molecule has 10 heavy (non-hydrogen) atoms. The fourth-order valence-corrected chi connectivity index (χ4v) is 0.653. The van der Waals surface area contributed by atoms with Crippen molar-refractivity contribution in [2.75, 3.05) is 6.61 Å². The van der Waals surface area contributed by atoms with E-state index >= 15 is 0 Å². The quantitative estimate of drug-likeness (QED) is 0.500. The molecule has 0 saturated carbocycles. The second-order valence-electron chi connectivity index (χ2n) is 1.88. The first-order valence-electron chi connectivity index (χ1n) is 2.81. The smallest absolute Gasteiger partial charge is 0.265 e. The third-order valence-corrected chi connectivity index (χ3v) is 1.06. The number of aliphatic hydroxyl groups is 1. The molecule has 0 bridgehead atoms. The molecule has 0 aromatic carbocycles. The van der Waals surface area contributed by atoms with Gasteiger partial charge in [-0.15, -0.1) is 4.68 Å². The minimum Gasteiger partial charge on any atom is -1.00 e. The van der Waals surface area contributed by atoms with Gasteiger partial charge in [0, 0.05) is 5.10 Å². The lowest BCUT2D eigenvalue weighted by atomic mass is 10.7. The van der Waals surface area contributed by atoms with Crippen molar-refractivity contribution in [1.29, 1.82) is 0 Å². The lowest BCUT2D eigenvalue weighted by Gasteiger charge is -1.85. The van der Waals surface area contributed by atoms with Gasteiger partial charge in [0.05, 0.1) is 20.2 Å². The Hall–Kier alpha value is -0.420. The molecule has 5 heteroatoms. The van der Waals surface area contributed by atoms with Gasteiger partial charge in [-0.3, -0.25) is 0 Å². The lowest BCUT2D eigenvalue weighted by molar-refractivity contribution is -0.698. The fraction of sp³-hybridized carbons (Fsp3) is 0.600. The van der Waals surface area contributed by atoms with Gasteiger partial charge in [0.2, 0.25) is 6.33 Å². The Morgan fingerprint density at radius 3 is 2.80 bits per heavy atom. The van der Waals surface area contributed by atoms with E-state index in [1.54, 1.807) is 11.0 Å². The molecule has 0 atom stereocenters. The van der Waals surface area contributed by atoms with Crippen LogP contribution in [0.2, 0.25) is 0 Å². The molecule has 0 unspecified atom stereocenters. The topological polar surface area (TPSA) is 41.9 Å². The van der Waals surface area contributed by atoms with Gasteiger partial charge in [-0.25, -0.2) is 4.57 Å². The molecule has 1 rings (SSSR count). The van der Waals surface area contributed by atoms with Crippen LogP contribution in [0.1, 0.15) is 0 Å². The molecular weight excluding hydrogens is 198 g/mol. The van der Waals surface area contributed by atoms with E-state index in [1.807, 2.05) is 17.9 Å². The molecule has 0 spiro atoms. The summed E-state index contributed by atoms with van der Waals surface area (Å²) in [7, 11) is 1.84. The number of hydrogen-bond donors (Lipinski definition) is 1. The summed E-state index contributed by atoms with van der Waals surface area (Å²) < 4.78 is 3.51. The van der Waals surface area contributed by atoms with Crippen LogP contribution in [-0.2, 0) is 13.6 Å². The number of aryl methyl sites for hydroxylation is 1. The maximum atomic E-state index is 8.47. The SMILES string of the molecule is Cn1c[n+](CCO)cn1.[Br-]. The second-order valence-corrected chi connectivity index (χ2v) is 1.88. The predicted octanol–water partition coefficient (Wildman–Crippen LogP) is -4.30. The van der Waals surface area contributed by atoms with Crippen molar-refractivity contribution in [3.63, 3.8) is 0 Å². The van der Waals surface area contributed by atoms with Crippen LogP contribution < -0.4 is 21.5 Å². The number of aromatic nitrogens is 3. The average molecular weight is 208 g/mol. The van der Waals surface area contributed by atoms with Crippen LogP contribution in [0.3, 0.4) is 0 Å². The summed E-state index contributed by atoms with van der Waals surface area (Å²) in [4.78, 5) is 0. The zero-order chi connectivity index (χ0) is 6.69. The molecule has 0 amide bonds. The number of aliphatic hydroxyl groups excluding tert-OH is 1. The summed E-state index contributed by atoms with van der Waals surface area (Å²) in [5, 5.41) is 12.4. The maximum Gasteiger partial charge on any atom is 0.265 e. The van der Waals surface area contributed by atoms with Gasteiger partial charge < -0.3 is 22.1 Å². The minimum atomic E-state index is 0. The highest BCUT2D eigenvalue weighted by Gasteiger charge is 1.97. The second kappa shape index (κ2) is 4.40. The van der Waals surface area contributed by atoms with Gasteiger partial charge in [-0.1, -0.05) is 0 Å². The molecule has 1 N–H and O–H groups in total. The first-order valence-corrected chi connectivity index (χ1v) is 2.81. The summed E-state index contributed by atoms with van der Waals surface area (Å²) in [6.07, 6.45) is 3.49. The first-order chi connectivity index (χ1) is 4.33. The standard InChI is InChI=1S/C5H10N3O.BrH/c1-7-5-8(2-3-9)4-6-7;/h4-5,9H,2-3H2,1H3;1H/q+1;/p-1. The van der Waals surface area contributed by atoms with Gasteiger partial charge in [0.25, 0.3) is 6.33 Å².